The number of pyridine rings is 3. The van der Waals surface area contributed by atoms with Crippen LogP contribution in [0.25, 0.3) is 55.7 Å². The molecule has 0 saturated heterocycles. The maximum Gasteiger partial charge on any atom is 3.00 e. The topological polar surface area (TPSA) is 51.8 Å². The van der Waals surface area contributed by atoms with Gasteiger partial charge in [0.05, 0.1) is 5.58 Å². The molecule has 218 valence electrons. The minimum absolute atomic E-state index is 0. The first kappa shape index (κ1) is 31.2. The zero-order valence-electron chi connectivity index (χ0n) is 24.5. The molecule has 4 heterocycles. The van der Waals surface area contributed by atoms with Gasteiger partial charge in [0.1, 0.15) is 5.58 Å². The maximum atomic E-state index is 5.82. The van der Waals surface area contributed by atoms with E-state index in [1.165, 1.54) is 5.56 Å². The zero-order valence-corrected chi connectivity index (χ0v) is 26.9. The standard InChI is InChI=1S/C18H12NO.2C11H8N.Ir/c1-12-8-9-19-16(10-12)13-6-7-18-15(11-13)14-4-2-3-5-17(14)20-18;2*1-2-6-10(7-3-1)11-8-4-5-9-12-11;/h2-5,7-11H,1H3;2*1-6,8-9H;/q3*-1;+3. The largest absolute Gasteiger partial charge is 3.00 e. The number of rotatable bonds is 3. The van der Waals surface area contributed by atoms with Gasteiger partial charge in [-0.25, -0.2) is 0 Å². The third-order valence-electron chi connectivity index (χ3n) is 6.80. The smallest absolute Gasteiger partial charge is 0.500 e. The third-order valence-corrected chi connectivity index (χ3v) is 6.80. The first-order chi connectivity index (χ1) is 21.7. The van der Waals surface area contributed by atoms with E-state index < -0.39 is 0 Å². The van der Waals surface area contributed by atoms with Gasteiger partial charge in [0.25, 0.3) is 0 Å². The molecule has 4 nitrogen and oxygen atoms in total. The van der Waals surface area contributed by atoms with Gasteiger partial charge in [-0.15, -0.1) is 95.6 Å². The first-order valence-corrected chi connectivity index (χ1v) is 14.3. The second-order valence-electron chi connectivity index (χ2n) is 9.92. The molecule has 45 heavy (non-hydrogen) atoms. The van der Waals surface area contributed by atoms with Gasteiger partial charge in [0, 0.05) is 24.0 Å². The van der Waals surface area contributed by atoms with E-state index in [1.807, 2.05) is 121 Å². The van der Waals surface area contributed by atoms with Crippen molar-refractivity contribution in [3.8, 4) is 33.8 Å². The molecule has 8 rings (SSSR count). The molecule has 4 aromatic heterocycles. The fourth-order valence-corrected chi connectivity index (χ4v) is 4.65. The number of fused-ring (bicyclic) bond motifs is 3. The summed E-state index contributed by atoms with van der Waals surface area (Å²) in [6, 6.07) is 53.0. The fraction of sp³-hybridized carbons (Fsp3) is 0.0250. The Kier molecular flexibility index (Phi) is 10.7. The minimum Gasteiger partial charge on any atom is -0.500 e. The fourth-order valence-electron chi connectivity index (χ4n) is 4.65. The van der Waals surface area contributed by atoms with Crippen molar-refractivity contribution >= 4 is 21.9 Å². The van der Waals surface area contributed by atoms with Crippen LogP contribution in [-0.4, -0.2) is 15.0 Å². The van der Waals surface area contributed by atoms with Gasteiger partial charge in [0.2, 0.25) is 0 Å². The number of nitrogens with zero attached hydrogens (tertiary/aromatic N) is 3. The Morgan fingerprint density at radius 3 is 1.67 bits per heavy atom. The Labute approximate surface area is 276 Å². The van der Waals surface area contributed by atoms with E-state index in [0.717, 1.165) is 55.7 Å². The minimum atomic E-state index is 0. The van der Waals surface area contributed by atoms with Crippen LogP contribution in [0.5, 0.6) is 0 Å². The number of hydrogen-bond donors (Lipinski definition) is 0. The molecular weight excluding hydrogens is 731 g/mol. The Morgan fingerprint density at radius 1 is 0.489 bits per heavy atom. The van der Waals surface area contributed by atoms with Gasteiger partial charge in [-0.1, -0.05) is 59.5 Å². The van der Waals surface area contributed by atoms with Crippen LogP contribution in [0.1, 0.15) is 5.56 Å². The molecule has 0 saturated carbocycles. The summed E-state index contributed by atoms with van der Waals surface area (Å²) in [5.41, 5.74) is 8.92. The average molecular weight is 759 g/mol. The summed E-state index contributed by atoms with van der Waals surface area (Å²) in [6.07, 6.45) is 5.41. The molecular formula is C40H28IrN3O. The van der Waals surface area contributed by atoms with Crippen LogP contribution in [0.2, 0.25) is 0 Å². The summed E-state index contributed by atoms with van der Waals surface area (Å²) in [6.45, 7) is 2.07. The summed E-state index contributed by atoms with van der Waals surface area (Å²) in [4.78, 5) is 12.9. The molecule has 0 fully saturated rings. The van der Waals surface area contributed by atoms with Crippen LogP contribution >= 0.6 is 0 Å². The Bertz CT molecular complexity index is 1910. The number of hydrogen-bond acceptors (Lipinski definition) is 4. The van der Waals surface area contributed by atoms with Crippen molar-refractivity contribution in [3.05, 3.63) is 176 Å². The van der Waals surface area contributed by atoms with E-state index in [0.29, 0.717) is 0 Å². The van der Waals surface area contributed by atoms with Gasteiger partial charge in [-0.2, -0.15) is 0 Å². The summed E-state index contributed by atoms with van der Waals surface area (Å²) in [5.74, 6) is 0. The van der Waals surface area contributed by atoms with Crippen molar-refractivity contribution in [2.75, 3.05) is 0 Å². The van der Waals surface area contributed by atoms with Crippen molar-refractivity contribution in [1.82, 2.24) is 15.0 Å². The number of aromatic nitrogens is 3. The molecule has 0 N–H and O–H groups in total. The van der Waals surface area contributed by atoms with Crippen molar-refractivity contribution in [2.24, 2.45) is 0 Å². The molecule has 0 spiro atoms. The van der Waals surface area contributed by atoms with E-state index in [9.17, 15) is 0 Å². The number of aryl methyl sites for hydroxylation is 1. The predicted octanol–water partition coefficient (Wildman–Crippen LogP) is 9.85. The van der Waals surface area contributed by atoms with E-state index in [-0.39, 0.29) is 20.1 Å². The molecule has 0 aliphatic rings. The number of furan rings is 1. The number of benzene rings is 4. The molecule has 0 aliphatic carbocycles. The molecule has 0 radical (unpaired) electrons. The van der Waals surface area contributed by atoms with E-state index in [4.69, 9.17) is 4.42 Å². The Balaban J connectivity index is 0.000000139. The molecule has 5 heteroatoms. The predicted molar refractivity (Wildman–Crippen MR) is 178 cm³/mol. The summed E-state index contributed by atoms with van der Waals surface area (Å²) in [5, 5.41) is 2.24. The first-order valence-electron chi connectivity index (χ1n) is 14.3. The molecule has 0 atom stereocenters. The average Bonchev–Trinajstić information content (AvgIpc) is 3.48. The van der Waals surface area contributed by atoms with Gasteiger partial charge in [0.15, 0.2) is 0 Å². The van der Waals surface area contributed by atoms with Crippen LogP contribution in [0.4, 0.5) is 0 Å². The molecule has 0 unspecified atom stereocenters. The molecule has 0 bridgehead atoms. The van der Waals surface area contributed by atoms with Gasteiger partial charge >= 0.3 is 20.1 Å². The van der Waals surface area contributed by atoms with E-state index in [1.54, 1.807) is 12.4 Å². The third kappa shape index (κ3) is 8.04. The molecule has 8 aromatic rings. The summed E-state index contributed by atoms with van der Waals surface area (Å²) in [7, 11) is 0. The van der Waals surface area contributed by atoms with Gasteiger partial charge < -0.3 is 19.4 Å². The number of para-hydroxylation sites is 1. The van der Waals surface area contributed by atoms with Crippen LogP contribution in [0.3, 0.4) is 0 Å². The second kappa shape index (κ2) is 15.5. The van der Waals surface area contributed by atoms with Crippen LogP contribution in [0, 0.1) is 25.1 Å². The zero-order chi connectivity index (χ0) is 30.0. The summed E-state index contributed by atoms with van der Waals surface area (Å²) >= 11 is 0. The summed E-state index contributed by atoms with van der Waals surface area (Å²) < 4.78 is 5.82. The Hall–Kier alpha value is -5.22. The molecule has 4 aromatic carbocycles. The van der Waals surface area contributed by atoms with E-state index >= 15 is 0 Å². The van der Waals surface area contributed by atoms with Gasteiger partial charge in [-0.3, -0.25) is 0 Å². The molecule has 0 amide bonds. The van der Waals surface area contributed by atoms with Crippen LogP contribution < -0.4 is 0 Å². The second-order valence-corrected chi connectivity index (χ2v) is 9.92. The van der Waals surface area contributed by atoms with Crippen molar-refractivity contribution < 1.29 is 24.5 Å². The molecule has 0 aliphatic heterocycles. The van der Waals surface area contributed by atoms with E-state index in [2.05, 4.69) is 58.3 Å². The SMILES string of the molecule is Cc1ccnc(-c2[c-]cc3oc4ccccc4c3c2)c1.[Ir+3].[c-]1ccccc1-c1ccccn1.[c-]1ccccc1-c1ccccn1. The maximum absolute atomic E-state index is 5.82. The normalized spacial score (nSPS) is 10.2. The monoisotopic (exact) mass is 759 g/mol. The Morgan fingerprint density at radius 2 is 1.09 bits per heavy atom. The van der Waals surface area contributed by atoms with Crippen molar-refractivity contribution in [1.29, 1.82) is 0 Å². The van der Waals surface area contributed by atoms with Crippen molar-refractivity contribution in [2.45, 2.75) is 6.92 Å². The van der Waals surface area contributed by atoms with Gasteiger partial charge in [-0.05, 0) is 48.3 Å². The van der Waals surface area contributed by atoms with Crippen LogP contribution in [-0.2, 0) is 20.1 Å². The quantitative estimate of drug-likeness (QED) is 0.169. The van der Waals surface area contributed by atoms with Crippen LogP contribution in [0.15, 0.2) is 156 Å². The van der Waals surface area contributed by atoms with Crippen molar-refractivity contribution in [3.63, 3.8) is 0 Å².